The number of amides is 2. The number of nitrogens with zero attached hydrogens (tertiary/aromatic N) is 2. The molecule has 1 fully saturated rings. The van der Waals surface area contributed by atoms with Crippen molar-refractivity contribution in [2.45, 2.75) is 11.8 Å². The van der Waals surface area contributed by atoms with Gasteiger partial charge in [-0.15, -0.1) is 0 Å². The van der Waals surface area contributed by atoms with E-state index in [-0.39, 0.29) is 30.0 Å². The van der Waals surface area contributed by atoms with E-state index in [4.69, 9.17) is 0 Å². The van der Waals surface area contributed by atoms with Crippen LogP contribution in [0.25, 0.3) is 10.8 Å². The third kappa shape index (κ3) is 2.74. The molecule has 1 atom stereocenters. The van der Waals surface area contributed by atoms with Gasteiger partial charge in [0, 0.05) is 17.7 Å². The van der Waals surface area contributed by atoms with E-state index in [1.807, 2.05) is 30.3 Å². The Morgan fingerprint density at radius 1 is 1.04 bits per heavy atom. The minimum atomic E-state index is -0.425. The zero-order chi connectivity index (χ0) is 18.3. The second-order valence-corrected chi connectivity index (χ2v) is 6.96. The van der Waals surface area contributed by atoms with Crippen molar-refractivity contribution in [2.75, 3.05) is 0 Å². The molecule has 8 heteroatoms. The summed E-state index contributed by atoms with van der Waals surface area (Å²) in [6, 6.07) is 15.6. The topological polar surface area (TPSA) is 94.8 Å². The number of hydrogen-bond donors (Lipinski definition) is 3. The van der Waals surface area contributed by atoms with Crippen LogP contribution in [-0.2, 0) is 4.79 Å². The number of β-lactam (4-membered cyclic amide) rings is 1. The molecule has 1 aliphatic rings. The Hall–Kier alpha value is -3.13. The van der Waals surface area contributed by atoms with Gasteiger partial charge in [0.05, 0.1) is 6.42 Å². The molecule has 0 aliphatic carbocycles. The summed E-state index contributed by atoms with van der Waals surface area (Å²) >= 11 is 1.05. The van der Waals surface area contributed by atoms with Crippen molar-refractivity contribution < 1.29 is 19.8 Å². The summed E-state index contributed by atoms with van der Waals surface area (Å²) in [5, 5.41) is 22.0. The van der Waals surface area contributed by atoms with Crippen molar-refractivity contribution in [3.8, 4) is 11.8 Å². The summed E-state index contributed by atoms with van der Waals surface area (Å²) in [6.07, 6.45) is 0.192. The number of aromatic nitrogens is 1. The summed E-state index contributed by atoms with van der Waals surface area (Å²) < 4.78 is 1.20. The molecule has 0 radical (unpaired) electrons. The van der Waals surface area contributed by atoms with Crippen LogP contribution < -0.4 is 5.43 Å². The Morgan fingerprint density at radius 3 is 2.46 bits per heavy atom. The second-order valence-electron chi connectivity index (χ2n) is 5.84. The van der Waals surface area contributed by atoms with E-state index >= 15 is 0 Å². The molecule has 0 saturated carbocycles. The lowest BCUT2D eigenvalue weighted by Crippen LogP contribution is -2.59. The Labute approximate surface area is 152 Å². The van der Waals surface area contributed by atoms with Gasteiger partial charge in [-0.25, -0.2) is 8.98 Å². The Balaban J connectivity index is 1.54. The molecule has 3 aromatic rings. The molecule has 26 heavy (non-hydrogen) atoms. The molecule has 1 aromatic heterocycles. The van der Waals surface area contributed by atoms with Gasteiger partial charge in [0.25, 0.3) is 5.91 Å². The number of carbonyl (C=O) groups excluding carboxylic acids is 2. The molecule has 1 unspecified atom stereocenters. The molecular weight excluding hydrogens is 354 g/mol. The average Bonchev–Trinajstić information content (AvgIpc) is 2.97. The highest BCUT2D eigenvalue weighted by Gasteiger charge is 2.39. The average molecular weight is 369 g/mol. The molecule has 132 valence electrons. The Kier molecular flexibility index (Phi) is 3.96. The predicted molar refractivity (Wildman–Crippen MR) is 97.4 cm³/mol. The van der Waals surface area contributed by atoms with Crippen LogP contribution in [-0.4, -0.2) is 36.4 Å². The highest BCUT2D eigenvalue weighted by Crippen LogP contribution is 2.36. The molecular formula is C18H15N3O4S. The third-order valence-electron chi connectivity index (χ3n) is 4.19. The molecule has 2 heterocycles. The third-order valence-corrected chi connectivity index (χ3v) is 5.39. The predicted octanol–water partition coefficient (Wildman–Crippen LogP) is 2.45. The van der Waals surface area contributed by atoms with Gasteiger partial charge in [-0.2, -0.15) is 0 Å². The van der Waals surface area contributed by atoms with Crippen LogP contribution in [0.5, 0.6) is 11.8 Å². The quantitative estimate of drug-likeness (QED) is 0.614. The molecule has 2 amide bonds. The first kappa shape index (κ1) is 16.3. The van der Waals surface area contributed by atoms with Gasteiger partial charge in [-0.1, -0.05) is 36.4 Å². The van der Waals surface area contributed by atoms with E-state index < -0.39 is 5.37 Å². The van der Waals surface area contributed by atoms with Crippen LogP contribution in [0.1, 0.15) is 16.8 Å². The van der Waals surface area contributed by atoms with Gasteiger partial charge in [-0.3, -0.25) is 15.0 Å². The smallest absolute Gasteiger partial charge is 0.270 e. The number of nitrogens with one attached hydrogen (secondary N) is 1. The summed E-state index contributed by atoms with van der Waals surface area (Å²) in [7, 11) is 0. The summed E-state index contributed by atoms with van der Waals surface area (Å²) in [5.74, 6) is -0.886. The number of benzene rings is 2. The van der Waals surface area contributed by atoms with Gasteiger partial charge in [0.2, 0.25) is 17.7 Å². The first-order chi connectivity index (χ1) is 12.5. The van der Waals surface area contributed by atoms with Crippen molar-refractivity contribution in [1.82, 2.24) is 14.4 Å². The molecule has 1 saturated heterocycles. The minimum Gasteiger partial charge on any atom is -0.494 e. The van der Waals surface area contributed by atoms with Crippen LogP contribution in [0.15, 0.2) is 54.6 Å². The SMILES string of the molecule is O=C(NN1C(=O)CC1Sn1c(O)ccc1O)c1cccc2ccccc12. The summed E-state index contributed by atoms with van der Waals surface area (Å²) in [6.45, 7) is 0. The van der Waals surface area contributed by atoms with E-state index in [9.17, 15) is 19.8 Å². The first-order valence-electron chi connectivity index (χ1n) is 7.92. The number of hydrazine groups is 1. The minimum absolute atomic E-state index is 0.132. The van der Waals surface area contributed by atoms with Crippen LogP contribution in [0.4, 0.5) is 0 Å². The molecule has 1 aliphatic heterocycles. The second kappa shape index (κ2) is 6.30. The lowest BCUT2D eigenvalue weighted by atomic mass is 10.0. The maximum absolute atomic E-state index is 12.7. The highest BCUT2D eigenvalue weighted by atomic mass is 32.2. The maximum atomic E-state index is 12.7. The number of rotatable bonds is 4. The fourth-order valence-electron chi connectivity index (χ4n) is 2.83. The van der Waals surface area contributed by atoms with Gasteiger partial charge in [0.1, 0.15) is 5.37 Å². The van der Waals surface area contributed by atoms with Gasteiger partial charge in [-0.05, 0) is 28.8 Å². The summed E-state index contributed by atoms with van der Waals surface area (Å²) in [4.78, 5) is 24.6. The lowest BCUT2D eigenvalue weighted by Gasteiger charge is -2.39. The van der Waals surface area contributed by atoms with E-state index in [1.165, 1.54) is 21.1 Å². The number of carbonyl (C=O) groups is 2. The van der Waals surface area contributed by atoms with Crippen LogP contribution in [0.3, 0.4) is 0 Å². The van der Waals surface area contributed by atoms with Gasteiger partial charge < -0.3 is 10.2 Å². The zero-order valence-corrected chi connectivity index (χ0v) is 14.3. The normalized spacial score (nSPS) is 16.5. The van der Waals surface area contributed by atoms with E-state index in [0.29, 0.717) is 5.56 Å². The van der Waals surface area contributed by atoms with Crippen molar-refractivity contribution in [3.63, 3.8) is 0 Å². The lowest BCUT2D eigenvalue weighted by molar-refractivity contribution is -0.145. The van der Waals surface area contributed by atoms with Crippen molar-refractivity contribution in [2.24, 2.45) is 0 Å². The first-order valence-corrected chi connectivity index (χ1v) is 8.76. The molecule has 3 N–H and O–H groups in total. The van der Waals surface area contributed by atoms with Crippen molar-refractivity contribution in [3.05, 3.63) is 60.2 Å². The largest absolute Gasteiger partial charge is 0.494 e. The van der Waals surface area contributed by atoms with E-state index in [0.717, 1.165) is 22.7 Å². The van der Waals surface area contributed by atoms with Gasteiger partial charge >= 0.3 is 0 Å². The molecule has 0 spiro atoms. The van der Waals surface area contributed by atoms with E-state index in [1.54, 1.807) is 12.1 Å². The number of fused-ring (bicyclic) bond motifs is 1. The maximum Gasteiger partial charge on any atom is 0.270 e. The van der Waals surface area contributed by atoms with Crippen LogP contribution in [0, 0.1) is 0 Å². The molecule has 4 rings (SSSR count). The Bertz CT molecular complexity index is 992. The Morgan fingerprint density at radius 2 is 1.73 bits per heavy atom. The summed E-state index contributed by atoms with van der Waals surface area (Å²) in [5.41, 5.74) is 3.09. The fourth-order valence-corrected chi connectivity index (χ4v) is 3.89. The standard InChI is InChI=1S/C18H15N3O4S/c22-14-8-9-15(23)21(14)26-17-10-16(24)20(17)19-18(25)13-7-3-5-11-4-1-2-6-12(11)13/h1-9,17,22-23H,10H2,(H,19,25). The number of hydrogen-bond acceptors (Lipinski definition) is 5. The molecule has 0 bridgehead atoms. The monoisotopic (exact) mass is 369 g/mol. The van der Waals surface area contributed by atoms with E-state index in [2.05, 4.69) is 5.43 Å². The van der Waals surface area contributed by atoms with Crippen molar-refractivity contribution >= 4 is 34.5 Å². The van der Waals surface area contributed by atoms with Crippen LogP contribution in [0.2, 0.25) is 0 Å². The van der Waals surface area contributed by atoms with Gasteiger partial charge in [0.15, 0.2) is 0 Å². The zero-order valence-electron chi connectivity index (χ0n) is 13.5. The highest BCUT2D eigenvalue weighted by molar-refractivity contribution is 7.98. The molecule has 2 aromatic carbocycles. The molecule has 7 nitrogen and oxygen atoms in total. The fraction of sp³-hybridized carbons (Fsp3) is 0.111. The van der Waals surface area contributed by atoms with Crippen molar-refractivity contribution in [1.29, 1.82) is 0 Å². The van der Waals surface area contributed by atoms with Crippen LogP contribution >= 0.6 is 11.9 Å². The number of aromatic hydroxyl groups is 2.